The number of hydrogen-bond acceptors (Lipinski definition) is 0. The second-order valence-electron chi connectivity index (χ2n) is 4.42. The summed E-state index contributed by atoms with van der Waals surface area (Å²) in [6.45, 7) is 4.50. The molecule has 0 heteroatoms. The van der Waals surface area contributed by atoms with E-state index in [4.69, 9.17) is 0 Å². The Bertz CT molecular complexity index is 456. The SMILES string of the molecule is CCc1ccccc1C(CC)c1ccccc1. The molecule has 0 radical (unpaired) electrons. The average molecular weight is 224 g/mol. The fraction of sp³-hybridized carbons (Fsp3) is 0.294. The Balaban J connectivity index is 2.42. The van der Waals surface area contributed by atoms with E-state index in [2.05, 4.69) is 68.4 Å². The van der Waals surface area contributed by atoms with Crippen LogP contribution in [-0.4, -0.2) is 0 Å². The molecular formula is C17H20. The maximum absolute atomic E-state index is 2.28. The first-order valence-electron chi connectivity index (χ1n) is 6.49. The third kappa shape index (κ3) is 2.58. The average Bonchev–Trinajstić information content (AvgIpc) is 2.41. The number of benzene rings is 2. The zero-order chi connectivity index (χ0) is 12.1. The van der Waals surface area contributed by atoms with Gasteiger partial charge in [0.2, 0.25) is 0 Å². The van der Waals surface area contributed by atoms with Crippen LogP contribution in [0.4, 0.5) is 0 Å². The summed E-state index contributed by atoms with van der Waals surface area (Å²) in [6, 6.07) is 19.6. The van der Waals surface area contributed by atoms with Crippen molar-refractivity contribution in [2.24, 2.45) is 0 Å². The van der Waals surface area contributed by atoms with E-state index in [0.29, 0.717) is 5.92 Å². The first-order chi connectivity index (χ1) is 8.36. The first kappa shape index (κ1) is 11.9. The fourth-order valence-electron chi connectivity index (χ4n) is 2.52. The smallest absolute Gasteiger partial charge is 0.00894 e. The van der Waals surface area contributed by atoms with Crippen molar-refractivity contribution in [1.29, 1.82) is 0 Å². The van der Waals surface area contributed by atoms with Gasteiger partial charge in [-0.2, -0.15) is 0 Å². The lowest BCUT2D eigenvalue weighted by molar-refractivity contribution is 0.765. The van der Waals surface area contributed by atoms with Gasteiger partial charge in [-0.05, 0) is 29.5 Å². The fourth-order valence-corrected chi connectivity index (χ4v) is 2.52. The minimum Gasteiger partial charge on any atom is -0.0645 e. The van der Waals surface area contributed by atoms with Crippen LogP contribution in [-0.2, 0) is 6.42 Å². The Morgan fingerprint density at radius 1 is 0.824 bits per heavy atom. The van der Waals surface area contributed by atoms with Crippen LogP contribution in [0, 0.1) is 0 Å². The van der Waals surface area contributed by atoms with E-state index in [1.807, 2.05) is 0 Å². The molecule has 0 fully saturated rings. The third-order valence-corrected chi connectivity index (χ3v) is 3.42. The van der Waals surface area contributed by atoms with Crippen LogP contribution in [0.1, 0.15) is 42.9 Å². The van der Waals surface area contributed by atoms with Crippen LogP contribution in [0.3, 0.4) is 0 Å². The third-order valence-electron chi connectivity index (χ3n) is 3.42. The van der Waals surface area contributed by atoms with Gasteiger partial charge in [0.05, 0.1) is 0 Å². The summed E-state index contributed by atoms with van der Waals surface area (Å²) in [5.74, 6) is 0.535. The molecule has 0 amide bonds. The molecule has 2 rings (SSSR count). The normalized spacial score (nSPS) is 12.4. The number of hydrogen-bond donors (Lipinski definition) is 0. The highest BCUT2D eigenvalue weighted by molar-refractivity contribution is 5.37. The van der Waals surface area contributed by atoms with Gasteiger partial charge in [-0.3, -0.25) is 0 Å². The molecule has 1 atom stereocenters. The molecular weight excluding hydrogens is 204 g/mol. The minimum absolute atomic E-state index is 0.535. The molecule has 0 saturated carbocycles. The van der Waals surface area contributed by atoms with Crippen molar-refractivity contribution in [3.05, 3.63) is 71.3 Å². The highest BCUT2D eigenvalue weighted by Gasteiger charge is 2.13. The zero-order valence-electron chi connectivity index (χ0n) is 10.7. The first-order valence-corrected chi connectivity index (χ1v) is 6.49. The Hall–Kier alpha value is -1.56. The summed E-state index contributed by atoms with van der Waals surface area (Å²) in [5, 5.41) is 0. The van der Waals surface area contributed by atoms with E-state index in [-0.39, 0.29) is 0 Å². The Labute approximate surface area is 104 Å². The lowest BCUT2D eigenvalue weighted by Gasteiger charge is -2.19. The molecule has 0 spiro atoms. The van der Waals surface area contributed by atoms with Gasteiger partial charge in [0, 0.05) is 5.92 Å². The molecule has 0 heterocycles. The van der Waals surface area contributed by atoms with E-state index in [9.17, 15) is 0 Å². The van der Waals surface area contributed by atoms with Gasteiger partial charge in [0.25, 0.3) is 0 Å². The predicted octanol–water partition coefficient (Wildman–Crippen LogP) is 4.79. The maximum Gasteiger partial charge on any atom is 0.00894 e. The lowest BCUT2D eigenvalue weighted by Crippen LogP contribution is -2.03. The van der Waals surface area contributed by atoms with Gasteiger partial charge in [0.15, 0.2) is 0 Å². The van der Waals surface area contributed by atoms with E-state index in [0.717, 1.165) is 12.8 Å². The van der Waals surface area contributed by atoms with Crippen molar-refractivity contribution in [3.63, 3.8) is 0 Å². The summed E-state index contributed by atoms with van der Waals surface area (Å²) >= 11 is 0. The molecule has 0 aliphatic rings. The molecule has 0 aliphatic heterocycles. The van der Waals surface area contributed by atoms with Crippen LogP contribution in [0.15, 0.2) is 54.6 Å². The van der Waals surface area contributed by atoms with Crippen molar-refractivity contribution in [1.82, 2.24) is 0 Å². The molecule has 0 N–H and O–H groups in total. The molecule has 0 nitrogen and oxygen atoms in total. The van der Waals surface area contributed by atoms with Gasteiger partial charge < -0.3 is 0 Å². The quantitative estimate of drug-likeness (QED) is 0.700. The van der Waals surface area contributed by atoms with Crippen LogP contribution in [0.2, 0.25) is 0 Å². The van der Waals surface area contributed by atoms with Crippen molar-refractivity contribution in [2.45, 2.75) is 32.6 Å². The van der Waals surface area contributed by atoms with Crippen LogP contribution in [0.5, 0.6) is 0 Å². The van der Waals surface area contributed by atoms with Gasteiger partial charge in [-0.15, -0.1) is 0 Å². The molecule has 2 aromatic rings. The van der Waals surface area contributed by atoms with E-state index < -0.39 is 0 Å². The summed E-state index contributed by atoms with van der Waals surface area (Å²) < 4.78 is 0. The van der Waals surface area contributed by atoms with Crippen molar-refractivity contribution >= 4 is 0 Å². The Morgan fingerprint density at radius 2 is 1.47 bits per heavy atom. The highest BCUT2D eigenvalue weighted by atomic mass is 14.2. The van der Waals surface area contributed by atoms with Gasteiger partial charge in [-0.1, -0.05) is 68.4 Å². The van der Waals surface area contributed by atoms with Crippen LogP contribution >= 0.6 is 0 Å². The standard InChI is InChI=1S/C17H20/c1-3-14-10-8-9-13-17(14)16(4-2)15-11-6-5-7-12-15/h5-13,16H,3-4H2,1-2H3. The van der Waals surface area contributed by atoms with Crippen molar-refractivity contribution in [3.8, 4) is 0 Å². The monoisotopic (exact) mass is 224 g/mol. The molecule has 2 aromatic carbocycles. The van der Waals surface area contributed by atoms with E-state index >= 15 is 0 Å². The summed E-state index contributed by atoms with van der Waals surface area (Å²) in [6.07, 6.45) is 2.26. The van der Waals surface area contributed by atoms with Gasteiger partial charge in [-0.25, -0.2) is 0 Å². The maximum atomic E-state index is 2.28. The van der Waals surface area contributed by atoms with Gasteiger partial charge >= 0.3 is 0 Å². The second-order valence-corrected chi connectivity index (χ2v) is 4.42. The molecule has 0 saturated heterocycles. The number of rotatable bonds is 4. The zero-order valence-corrected chi connectivity index (χ0v) is 10.7. The molecule has 0 aliphatic carbocycles. The van der Waals surface area contributed by atoms with E-state index in [1.54, 1.807) is 0 Å². The minimum atomic E-state index is 0.535. The second kappa shape index (κ2) is 5.67. The number of aryl methyl sites for hydroxylation is 1. The molecule has 0 bridgehead atoms. The van der Waals surface area contributed by atoms with Crippen molar-refractivity contribution in [2.75, 3.05) is 0 Å². The Morgan fingerprint density at radius 3 is 2.12 bits per heavy atom. The van der Waals surface area contributed by atoms with Crippen molar-refractivity contribution < 1.29 is 0 Å². The van der Waals surface area contributed by atoms with Crippen LogP contribution in [0.25, 0.3) is 0 Å². The van der Waals surface area contributed by atoms with Crippen LogP contribution < -0.4 is 0 Å². The lowest BCUT2D eigenvalue weighted by atomic mass is 9.86. The summed E-state index contributed by atoms with van der Waals surface area (Å²) in [4.78, 5) is 0. The topological polar surface area (TPSA) is 0 Å². The van der Waals surface area contributed by atoms with Gasteiger partial charge in [0.1, 0.15) is 0 Å². The largest absolute Gasteiger partial charge is 0.0645 e. The molecule has 0 aromatic heterocycles. The van der Waals surface area contributed by atoms with E-state index in [1.165, 1.54) is 16.7 Å². The summed E-state index contributed by atoms with van der Waals surface area (Å²) in [7, 11) is 0. The molecule has 88 valence electrons. The molecule has 1 unspecified atom stereocenters. The molecule has 17 heavy (non-hydrogen) atoms. The summed E-state index contributed by atoms with van der Waals surface area (Å²) in [5.41, 5.74) is 4.39. The Kier molecular flexibility index (Phi) is 3.98. The highest BCUT2D eigenvalue weighted by Crippen LogP contribution is 2.30. The predicted molar refractivity (Wildman–Crippen MR) is 74.4 cm³/mol.